The van der Waals surface area contributed by atoms with E-state index >= 15 is 0 Å². The van der Waals surface area contributed by atoms with Crippen molar-refractivity contribution in [2.45, 2.75) is 58.5 Å². The molecule has 3 saturated carbocycles. The second-order valence-electron chi connectivity index (χ2n) is 10.4. The topological polar surface area (TPSA) is 52.6 Å². The number of fused-ring (bicyclic) bond motifs is 7. The first kappa shape index (κ1) is 18.7. The Labute approximate surface area is 167 Å². The number of hydrogen-bond donors (Lipinski definition) is 0. The van der Waals surface area contributed by atoms with Crippen LogP contribution in [0.5, 0.6) is 0 Å². The van der Waals surface area contributed by atoms with E-state index in [9.17, 15) is 9.59 Å². The third-order valence-electron chi connectivity index (χ3n) is 9.49. The highest BCUT2D eigenvalue weighted by atomic mass is 16.7. The summed E-state index contributed by atoms with van der Waals surface area (Å²) < 4.78 is 11.1. The number of methoxy groups -OCH3 is 1. The van der Waals surface area contributed by atoms with Crippen LogP contribution in [0.15, 0.2) is 23.8 Å². The maximum absolute atomic E-state index is 12.8. The predicted octanol–water partition coefficient (Wildman–Crippen LogP) is 4.10. The van der Waals surface area contributed by atoms with E-state index in [0.29, 0.717) is 23.5 Å². The molecule has 4 heteroatoms. The predicted molar refractivity (Wildman–Crippen MR) is 105 cm³/mol. The summed E-state index contributed by atoms with van der Waals surface area (Å²) in [5, 5.41) is 0. The highest BCUT2D eigenvalue weighted by Crippen LogP contribution is 2.72. The molecule has 0 aliphatic heterocycles. The average Bonchev–Trinajstić information content (AvgIpc) is 3.31. The number of carbonyl (C=O) groups excluding carboxylic acids is 2. The van der Waals surface area contributed by atoms with Gasteiger partial charge in [-0.3, -0.25) is 9.59 Å². The van der Waals surface area contributed by atoms with E-state index in [0.717, 1.165) is 32.1 Å². The molecule has 3 fully saturated rings. The largest absolute Gasteiger partial charge is 0.359 e. The van der Waals surface area contributed by atoms with Gasteiger partial charge >= 0.3 is 0 Å². The molecule has 0 radical (unpaired) electrons. The molecule has 0 bridgehead atoms. The molecule has 8 atom stereocenters. The third-order valence-corrected chi connectivity index (χ3v) is 9.49. The fourth-order valence-electron chi connectivity index (χ4n) is 7.97. The lowest BCUT2D eigenvalue weighted by atomic mass is 9.48. The molecule has 5 aliphatic rings. The Bertz CT molecular complexity index is 796. The fraction of sp³-hybridized carbons (Fsp3) is 0.750. The second kappa shape index (κ2) is 5.89. The van der Waals surface area contributed by atoms with E-state index in [1.165, 1.54) is 5.57 Å². The van der Waals surface area contributed by atoms with Crippen LogP contribution in [-0.4, -0.2) is 31.1 Å². The standard InChI is InChI=1S/C24H32O4/c1-14(25)17-7-8-18-16-6-5-15-11-21(26)24(28-13-27-4)12-20(24)23(15,3)19(16)9-10-22(17,18)2/h5-6,11,16-20H,7-10,12-13H2,1-4H3/t16-,17+,18-,19-,20+,22+,23-,24-/m0/s1. The summed E-state index contributed by atoms with van der Waals surface area (Å²) in [7, 11) is 1.61. The van der Waals surface area contributed by atoms with Gasteiger partial charge in [0.2, 0.25) is 0 Å². The number of carbonyl (C=O) groups is 2. The number of rotatable bonds is 4. The van der Waals surface area contributed by atoms with E-state index in [1.54, 1.807) is 14.0 Å². The molecule has 0 aromatic rings. The van der Waals surface area contributed by atoms with Gasteiger partial charge in [0.05, 0.1) is 0 Å². The maximum Gasteiger partial charge on any atom is 0.188 e. The molecule has 152 valence electrons. The van der Waals surface area contributed by atoms with Crippen LogP contribution in [0.4, 0.5) is 0 Å². The van der Waals surface area contributed by atoms with Crippen molar-refractivity contribution in [3.8, 4) is 0 Å². The minimum Gasteiger partial charge on any atom is -0.359 e. The SMILES string of the molecule is COCO[C@@]12C[C@@H]1[C@@]1(C)C(=CC2=O)C=C[C@H]2[C@@H]3CC[C@H](C(C)=O)[C@@]3(C)CC[C@@H]21. The Kier molecular flexibility index (Phi) is 3.94. The van der Waals surface area contributed by atoms with E-state index in [2.05, 4.69) is 26.0 Å². The summed E-state index contributed by atoms with van der Waals surface area (Å²) in [5.74, 6) is 2.54. The minimum absolute atomic E-state index is 0.0172. The zero-order valence-corrected chi connectivity index (χ0v) is 17.5. The lowest BCUT2D eigenvalue weighted by Gasteiger charge is -2.56. The van der Waals surface area contributed by atoms with Crippen molar-refractivity contribution in [2.75, 3.05) is 13.9 Å². The van der Waals surface area contributed by atoms with Gasteiger partial charge in [0.1, 0.15) is 18.2 Å². The first-order valence-electron chi connectivity index (χ1n) is 10.9. The summed E-state index contributed by atoms with van der Waals surface area (Å²) in [6, 6.07) is 0. The summed E-state index contributed by atoms with van der Waals surface area (Å²) in [6.45, 7) is 6.69. The lowest BCUT2D eigenvalue weighted by Crippen LogP contribution is -2.52. The van der Waals surface area contributed by atoms with Crippen molar-refractivity contribution in [3.63, 3.8) is 0 Å². The Morgan fingerprint density at radius 2 is 2.00 bits per heavy atom. The first-order valence-corrected chi connectivity index (χ1v) is 10.9. The zero-order valence-electron chi connectivity index (χ0n) is 17.5. The number of hydrogen-bond acceptors (Lipinski definition) is 4. The molecule has 0 N–H and O–H groups in total. The van der Waals surface area contributed by atoms with Gasteiger partial charge in [-0.15, -0.1) is 0 Å². The van der Waals surface area contributed by atoms with E-state index < -0.39 is 5.60 Å². The molecule has 0 saturated heterocycles. The van der Waals surface area contributed by atoms with Gasteiger partial charge in [-0.2, -0.15) is 0 Å². The Morgan fingerprint density at radius 3 is 2.71 bits per heavy atom. The molecular formula is C24H32O4. The fourth-order valence-corrected chi connectivity index (χ4v) is 7.97. The average molecular weight is 385 g/mol. The zero-order chi connectivity index (χ0) is 19.9. The number of ether oxygens (including phenoxy) is 2. The van der Waals surface area contributed by atoms with Gasteiger partial charge in [0.25, 0.3) is 0 Å². The molecule has 0 spiro atoms. The molecule has 4 nitrogen and oxygen atoms in total. The van der Waals surface area contributed by atoms with Crippen LogP contribution in [0.2, 0.25) is 0 Å². The number of ketones is 2. The van der Waals surface area contributed by atoms with Gasteiger partial charge in [0, 0.05) is 24.4 Å². The first-order chi connectivity index (χ1) is 13.3. The Morgan fingerprint density at radius 1 is 1.21 bits per heavy atom. The number of Topliss-reactive ketones (excluding diaryl/α,β-unsaturated/α-hetero) is 1. The van der Waals surface area contributed by atoms with Gasteiger partial charge < -0.3 is 9.47 Å². The Hall–Kier alpha value is -1.26. The van der Waals surface area contributed by atoms with Crippen LogP contribution in [-0.2, 0) is 19.1 Å². The molecule has 0 aromatic heterocycles. The van der Waals surface area contributed by atoms with Crippen LogP contribution in [0.1, 0.15) is 52.9 Å². The second-order valence-corrected chi connectivity index (χ2v) is 10.4. The molecule has 0 unspecified atom stereocenters. The van der Waals surface area contributed by atoms with Crippen molar-refractivity contribution in [2.24, 2.45) is 40.4 Å². The molecule has 28 heavy (non-hydrogen) atoms. The molecule has 0 heterocycles. The monoisotopic (exact) mass is 384 g/mol. The van der Waals surface area contributed by atoms with E-state index in [-0.39, 0.29) is 35.2 Å². The summed E-state index contributed by atoms with van der Waals surface area (Å²) >= 11 is 0. The van der Waals surface area contributed by atoms with Crippen LogP contribution in [0.3, 0.4) is 0 Å². The minimum atomic E-state index is -0.664. The normalized spacial score (nSPS) is 50.9. The van der Waals surface area contributed by atoms with Crippen molar-refractivity contribution in [1.29, 1.82) is 0 Å². The van der Waals surface area contributed by atoms with Crippen molar-refractivity contribution in [1.82, 2.24) is 0 Å². The molecule has 5 rings (SSSR count). The summed E-state index contributed by atoms with van der Waals surface area (Å²) in [4.78, 5) is 25.1. The third kappa shape index (κ3) is 2.14. The number of allylic oxidation sites excluding steroid dienone is 3. The van der Waals surface area contributed by atoms with Gasteiger partial charge in [-0.1, -0.05) is 26.0 Å². The highest BCUT2D eigenvalue weighted by molar-refractivity contribution is 6.02. The van der Waals surface area contributed by atoms with Crippen LogP contribution in [0, 0.1) is 40.4 Å². The van der Waals surface area contributed by atoms with Crippen molar-refractivity contribution in [3.05, 3.63) is 23.8 Å². The lowest BCUT2D eigenvalue weighted by molar-refractivity contribution is -0.148. The quantitative estimate of drug-likeness (QED) is 0.685. The van der Waals surface area contributed by atoms with Crippen LogP contribution in [0.25, 0.3) is 0 Å². The smallest absolute Gasteiger partial charge is 0.188 e. The van der Waals surface area contributed by atoms with Gasteiger partial charge in [-0.25, -0.2) is 0 Å². The highest BCUT2D eigenvalue weighted by Gasteiger charge is 2.73. The molecular weight excluding hydrogens is 352 g/mol. The molecule has 0 aromatic carbocycles. The van der Waals surface area contributed by atoms with Crippen LogP contribution >= 0.6 is 0 Å². The molecule has 5 aliphatic carbocycles. The van der Waals surface area contributed by atoms with E-state index in [4.69, 9.17) is 9.47 Å². The molecule has 0 amide bonds. The summed E-state index contributed by atoms with van der Waals surface area (Å²) in [5.41, 5.74) is 0.647. The van der Waals surface area contributed by atoms with Crippen molar-refractivity contribution < 1.29 is 19.1 Å². The van der Waals surface area contributed by atoms with Gasteiger partial charge in [0.15, 0.2) is 5.78 Å². The van der Waals surface area contributed by atoms with Crippen LogP contribution < -0.4 is 0 Å². The maximum atomic E-state index is 12.8. The van der Waals surface area contributed by atoms with Crippen molar-refractivity contribution >= 4 is 11.6 Å². The summed E-state index contributed by atoms with van der Waals surface area (Å²) in [6.07, 6.45) is 11.7. The Balaban J connectivity index is 1.51. The van der Waals surface area contributed by atoms with Gasteiger partial charge in [-0.05, 0) is 73.8 Å². The van der Waals surface area contributed by atoms with E-state index in [1.807, 2.05) is 6.08 Å².